The van der Waals surface area contributed by atoms with Gasteiger partial charge in [-0.2, -0.15) is 0 Å². The van der Waals surface area contributed by atoms with Crippen molar-refractivity contribution in [2.45, 2.75) is 89.3 Å². The molecule has 2 aliphatic rings. The number of aliphatic carboxylic acids is 1. The minimum absolute atomic E-state index is 0.0187. The number of nitrogens with zero attached hydrogens (tertiary/aromatic N) is 1. The van der Waals surface area contributed by atoms with E-state index in [0.717, 1.165) is 67.7 Å². The Bertz CT molecular complexity index is 1040. The van der Waals surface area contributed by atoms with Crippen LogP contribution in [0.25, 0.3) is 0 Å². The first-order chi connectivity index (χ1) is 19.0. The number of unbranched alkanes of at least 4 members (excludes halogenated alkanes) is 3. The van der Waals surface area contributed by atoms with Gasteiger partial charge in [-0.05, 0) is 62.0 Å². The number of carbonyl (C=O) groups is 2. The van der Waals surface area contributed by atoms with Gasteiger partial charge in [-0.1, -0.05) is 55.7 Å². The van der Waals surface area contributed by atoms with Crippen LogP contribution in [0.2, 0.25) is 0 Å². The summed E-state index contributed by atoms with van der Waals surface area (Å²) in [4.78, 5) is 25.4. The molecule has 3 N–H and O–H groups in total. The molecule has 39 heavy (non-hydrogen) atoms. The molecule has 1 amide bonds. The number of nitrogens with one attached hydrogen (secondary N) is 1. The van der Waals surface area contributed by atoms with Crippen LogP contribution in [0.1, 0.15) is 93.3 Å². The lowest BCUT2D eigenvalue weighted by atomic mass is 9.99. The number of carbonyl (C=O) groups excluding carboxylic acids is 1. The van der Waals surface area contributed by atoms with Crippen LogP contribution >= 0.6 is 0 Å². The van der Waals surface area contributed by atoms with E-state index in [1.165, 1.54) is 19.3 Å². The first-order valence-electron chi connectivity index (χ1n) is 14.3. The third kappa shape index (κ3) is 9.42. The van der Waals surface area contributed by atoms with Gasteiger partial charge in [-0.3, -0.25) is 9.59 Å². The number of piperidine rings is 1. The number of anilines is 1. The lowest BCUT2D eigenvalue weighted by Gasteiger charge is -2.39. The van der Waals surface area contributed by atoms with Gasteiger partial charge in [0.25, 0.3) is 0 Å². The van der Waals surface area contributed by atoms with E-state index >= 15 is 0 Å². The monoisotopic (exact) mass is 538 g/mol. The van der Waals surface area contributed by atoms with Crippen LogP contribution in [0.3, 0.4) is 0 Å². The second kappa shape index (κ2) is 15.1. The number of ether oxygens (including phenoxy) is 2. The summed E-state index contributed by atoms with van der Waals surface area (Å²) in [5.41, 5.74) is 3.59. The topological polar surface area (TPSA) is 108 Å². The van der Waals surface area contributed by atoms with Crippen LogP contribution in [-0.4, -0.2) is 52.7 Å². The molecular formula is C31H42N2O6. The van der Waals surface area contributed by atoms with E-state index in [1.807, 2.05) is 48.5 Å². The van der Waals surface area contributed by atoms with Gasteiger partial charge in [0.15, 0.2) is 6.29 Å². The summed E-state index contributed by atoms with van der Waals surface area (Å²) in [6.45, 7) is 3.12. The molecular weight excluding hydrogens is 496 g/mol. The first-order valence-corrected chi connectivity index (χ1v) is 14.3. The molecule has 2 heterocycles. The van der Waals surface area contributed by atoms with E-state index in [0.29, 0.717) is 12.8 Å². The highest BCUT2D eigenvalue weighted by atomic mass is 16.7. The molecule has 0 aromatic heterocycles. The van der Waals surface area contributed by atoms with Crippen LogP contribution in [-0.2, 0) is 25.7 Å². The molecule has 2 fully saturated rings. The maximum atomic E-state index is 12.3. The Hall–Kier alpha value is -2.78. The summed E-state index contributed by atoms with van der Waals surface area (Å²) in [5, 5.41) is 21.1. The van der Waals surface area contributed by atoms with E-state index < -0.39 is 12.3 Å². The van der Waals surface area contributed by atoms with Crippen LogP contribution in [0.4, 0.5) is 5.69 Å². The number of hydrogen-bond acceptors (Lipinski definition) is 6. The lowest BCUT2D eigenvalue weighted by molar-refractivity contribution is -0.253. The third-order valence-electron chi connectivity index (χ3n) is 7.54. The standard InChI is InChI=1S/C31H42N2O6/c34-22-23-10-12-24(13-11-23)28-20-27(21-33-18-6-3-7-19-33)38-31(39-28)25-14-16-26(17-15-25)32-29(35)8-4-1-2-5-9-30(36)37/h10-17,27-28,31,34H,1-9,18-22H2,(H,32,35)(H,36,37). The molecule has 2 aliphatic heterocycles. The van der Waals surface area contributed by atoms with Gasteiger partial charge in [-0.25, -0.2) is 0 Å². The van der Waals surface area contributed by atoms with Crippen LogP contribution in [0, 0.1) is 0 Å². The predicted octanol–water partition coefficient (Wildman–Crippen LogP) is 5.57. The Balaban J connectivity index is 1.34. The quantitative estimate of drug-likeness (QED) is 0.286. The maximum absolute atomic E-state index is 12.3. The summed E-state index contributed by atoms with van der Waals surface area (Å²) in [6, 6.07) is 15.6. The lowest BCUT2D eigenvalue weighted by Crippen LogP contribution is -2.41. The van der Waals surface area contributed by atoms with Crippen molar-refractivity contribution in [3.8, 4) is 0 Å². The number of benzene rings is 2. The van der Waals surface area contributed by atoms with Crippen LogP contribution in [0.15, 0.2) is 48.5 Å². The highest BCUT2D eigenvalue weighted by Gasteiger charge is 2.33. The number of rotatable bonds is 13. The molecule has 4 rings (SSSR count). The minimum Gasteiger partial charge on any atom is -0.481 e. The number of amides is 1. The third-order valence-corrected chi connectivity index (χ3v) is 7.54. The van der Waals surface area contributed by atoms with E-state index in [9.17, 15) is 14.7 Å². The van der Waals surface area contributed by atoms with E-state index in [4.69, 9.17) is 14.6 Å². The van der Waals surface area contributed by atoms with Crippen LogP contribution < -0.4 is 5.32 Å². The summed E-state index contributed by atoms with van der Waals surface area (Å²) < 4.78 is 12.9. The molecule has 8 heteroatoms. The largest absolute Gasteiger partial charge is 0.481 e. The van der Waals surface area contributed by atoms with Gasteiger partial charge >= 0.3 is 5.97 Å². The number of carboxylic acid groups (broad SMARTS) is 1. The first kappa shape index (κ1) is 29.2. The maximum Gasteiger partial charge on any atom is 0.303 e. The van der Waals surface area contributed by atoms with Crippen molar-refractivity contribution in [3.05, 3.63) is 65.2 Å². The fourth-order valence-electron chi connectivity index (χ4n) is 5.33. The SMILES string of the molecule is O=C(O)CCCCCCC(=O)Nc1ccc(C2OC(CN3CCCCC3)CC(c3ccc(CO)cc3)O2)cc1. The highest BCUT2D eigenvalue weighted by Crippen LogP contribution is 2.38. The molecule has 0 aliphatic carbocycles. The molecule has 0 radical (unpaired) electrons. The molecule has 3 unspecified atom stereocenters. The fraction of sp³-hybridized carbons (Fsp3) is 0.548. The summed E-state index contributed by atoms with van der Waals surface area (Å²) in [6.07, 6.45) is 7.61. The predicted molar refractivity (Wildman–Crippen MR) is 149 cm³/mol. The van der Waals surface area contributed by atoms with Crippen molar-refractivity contribution in [2.24, 2.45) is 0 Å². The van der Waals surface area contributed by atoms with Gasteiger partial charge < -0.3 is 29.9 Å². The number of hydrogen-bond donors (Lipinski definition) is 3. The molecule has 2 aromatic carbocycles. The summed E-state index contributed by atoms with van der Waals surface area (Å²) in [7, 11) is 0. The Morgan fingerprint density at radius 3 is 2.18 bits per heavy atom. The molecule has 0 spiro atoms. The van der Waals surface area contributed by atoms with Gasteiger partial charge in [0.2, 0.25) is 5.91 Å². The Labute approximate surface area is 231 Å². The smallest absolute Gasteiger partial charge is 0.303 e. The second-order valence-corrected chi connectivity index (χ2v) is 10.7. The Morgan fingerprint density at radius 2 is 1.51 bits per heavy atom. The number of carboxylic acids is 1. The van der Waals surface area contributed by atoms with Gasteiger partial charge in [-0.15, -0.1) is 0 Å². The zero-order valence-corrected chi connectivity index (χ0v) is 22.7. The van der Waals surface area contributed by atoms with Gasteiger partial charge in [0, 0.05) is 37.1 Å². The molecule has 8 nitrogen and oxygen atoms in total. The molecule has 2 aromatic rings. The molecule has 0 saturated carbocycles. The van der Waals surface area contributed by atoms with Crippen molar-refractivity contribution < 1.29 is 29.3 Å². The molecule has 2 saturated heterocycles. The average Bonchev–Trinajstić information content (AvgIpc) is 2.95. The van der Waals surface area contributed by atoms with Crippen molar-refractivity contribution in [1.29, 1.82) is 0 Å². The van der Waals surface area contributed by atoms with Gasteiger partial charge in [0.05, 0.1) is 18.8 Å². The summed E-state index contributed by atoms with van der Waals surface area (Å²) >= 11 is 0. The van der Waals surface area contributed by atoms with E-state index in [2.05, 4.69) is 10.2 Å². The van der Waals surface area contributed by atoms with Crippen molar-refractivity contribution in [2.75, 3.05) is 25.0 Å². The minimum atomic E-state index is -0.773. The molecule has 212 valence electrons. The Morgan fingerprint density at radius 1 is 0.846 bits per heavy atom. The van der Waals surface area contributed by atoms with Crippen LogP contribution in [0.5, 0.6) is 0 Å². The van der Waals surface area contributed by atoms with Gasteiger partial charge in [0.1, 0.15) is 0 Å². The molecule has 3 atom stereocenters. The zero-order valence-electron chi connectivity index (χ0n) is 22.7. The number of aliphatic hydroxyl groups is 1. The van der Waals surface area contributed by atoms with Crippen molar-refractivity contribution in [1.82, 2.24) is 4.90 Å². The highest BCUT2D eigenvalue weighted by molar-refractivity contribution is 5.90. The second-order valence-electron chi connectivity index (χ2n) is 10.7. The van der Waals surface area contributed by atoms with E-state index in [1.54, 1.807) is 0 Å². The number of aliphatic hydroxyl groups excluding tert-OH is 1. The normalized spacial score (nSPS) is 21.9. The van der Waals surface area contributed by atoms with E-state index in [-0.39, 0.29) is 31.1 Å². The molecule has 0 bridgehead atoms. The van der Waals surface area contributed by atoms with Crippen molar-refractivity contribution in [3.63, 3.8) is 0 Å². The Kier molecular flexibility index (Phi) is 11.3. The zero-order chi connectivity index (χ0) is 27.5. The number of likely N-dealkylation sites (tertiary alicyclic amines) is 1. The summed E-state index contributed by atoms with van der Waals surface area (Å²) in [5.74, 6) is -0.816. The average molecular weight is 539 g/mol. The fourth-order valence-corrected chi connectivity index (χ4v) is 5.33. The van der Waals surface area contributed by atoms with Crippen molar-refractivity contribution >= 4 is 17.6 Å².